The van der Waals surface area contributed by atoms with Gasteiger partial charge in [-0.3, -0.25) is 0 Å². The van der Waals surface area contributed by atoms with E-state index in [1.54, 1.807) is 6.07 Å². The fourth-order valence-corrected chi connectivity index (χ4v) is 2.34. The number of anilines is 3. The highest BCUT2D eigenvalue weighted by molar-refractivity contribution is 6.31. The quantitative estimate of drug-likeness (QED) is 0.660. The number of rotatable bonds is 5. The first kappa shape index (κ1) is 17.9. The first-order valence-corrected chi connectivity index (χ1v) is 7.91. The molecule has 26 heavy (non-hydrogen) atoms. The lowest BCUT2D eigenvalue weighted by Crippen LogP contribution is -2.07. The van der Waals surface area contributed by atoms with Crippen LogP contribution in [0.4, 0.5) is 30.6 Å². The molecule has 5 nitrogen and oxygen atoms in total. The summed E-state index contributed by atoms with van der Waals surface area (Å²) in [5, 5.41) is 14.2. The van der Waals surface area contributed by atoms with Crippen LogP contribution in [0.5, 0.6) is 0 Å². The van der Waals surface area contributed by atoms with Crippen LogP contribution in [-0.2, 0) is 12.7 Å². The average Bonchev–Trinajstić information content (AvgIpc) is 2.61. The van der Waals surface area contributed by atoms with E-state index in [9.17, 15) is 13.2 Å². The summed E-state index contributed by atoms with van der Waals surface area (Å²) in [5.41, 5.74) is 0.588. The summed E-state index contributed by atoms with van der Waals surface area (Å²) >= 11 is 6.09. The maximum absolute atomic E-state index is 12.6. The molecule has 0 saturated heterocycles. The zero-order chi connectivity index (χ0) is 18.6. The van der Waals surface area contributed by atoms with Crippen LogP contribution in [0.1, 0.15) is 11.1 Å². The smallest absolute Gasteiger partial charge is 0.364 e. The molecule has 0 bridgehead atoms. The molecular weight excluding hydrogens is 367 g/mol. The van der Waals surface area contributed by atoms with Crippen LogP contribution in [0.25, 0.3) is 0 Å². The summed E-state index contributed by atoms with van der Waals surface area (Å²) in [6.45, 7) is 0.443. The molecule has 134 valence electrons. The Morgan fingerprint density at radius 2 is 1.73 bits per heavy atom. The van der Waals surface area contributed by atoms with Crippen LogP contribution in [0.3, 0.4) is 0 Å². The van der Waals surface area contributed by atoms with Crippen molar-refractivity contribution in [3.63, 3.8) is 0 Å². The van der Waals surface area contributed by atoms with E-state index in [4.69, 9.17) is 11.6 Å². The van der Waals surface area contributed by atoms with Crippen LogP contribution >= 0.6 is 11.6 Å². The van der Waals surface area contributed by atoms with Crippen molar-refractivity contribution in [1.82, 2.24) is 15.2 Å². The molecule has 0 radical (unpaired) electrons. The van der Waals surface area contributed by atoms with Crippen molar-refractivity contribution in [3.8, 4) is 0 Å². The van der Waals surface area contributed by atoms with E-state index in [0.717, 1.165) is 17.7 Å². The van der Waals surface area contributed by atoms with Gasteiger partial charge in [0.1, 0.15) is 0 Å². The van der Waals surface area contributed by atoms with Crippen LogP contribution in [0.2, 0.25) is 5.02 Å². The Labute approximate surface area is 152 Å². The van der Waals surface area contributed by atoms with Crippen LogP contribution < -0.4 is 10.6 Å². The van der Waals surface area contributed by atoms with Crippen molar-refractivity contribution in [2.45, 2.75) is 12.7 Å². The molecule has 0 aliphatic carbocycles. The molecule has 0 unspecified atom stereocenters. The van der Waals surface area contributed by atoms with Crippen molar-refractivity contribution in [2.24, 2.45) is 0 Å². The Kier molecular flexibility index (Phi) is 5.22. The second-order valence-corrected chi connectivity index (χ2v) is 5.72. The molecular formula is C17H13ClF3N5. The standard InChI is InChI=1S/C17H13ClF3N5/c18-14-4-2-1-3-11(14)9-22-15-10-23-26-16(25-15)24-13-7-5-12(6-8-13)17(19,20)21/h1-8,10H,9H2,(H2,22,24,25,26). The molecule has 2 N–H and O–H groups in total. The van der Waals surface area contributed by atoms with E-state index in [1.165, 1.54) is 18.3 Å². The molecule has 3 rings (SSSR count). The highest BCUT2D eigenvalue weighted by Gasteiger charge is 2.29. The molecule has 2 aromatic carbocycles. The van der Waals surface area contributed by atoms with Gasteiger partial charge in [-0.15, -0.1) is 5.10 Å². The first-order chi connectivity index (χ1) is 12.4. The monoisotopic (exact) mass is 379 g/mol. The molecule has 1 aromatic heterocycles. The van der Waals surface area contributed by atoms with Crippen molar-refractivity contribution >= 4 is 29.1 Å². The highest BCUT2D eigenvalue weighted by Crippen LogP contribution is 2.30. The summed E-state index contributed by atoms with van der Waals surface area (Å²) in [4.78, 5) is 4.22. The van der Waals surface area contributed by atoms with E-state index in [1.807, 2.05) is 18.2 Å². The van der Waals surface area contributed by atoms with Gasteiger partial charge in [-0.05, 0) is 35.9 Å². The maximum Gasteiger partial charge on any atom is 0.416 e. The van der Waals surface area contributed by atoms with Crippen LogP contribution in [-0.4, -0.2) is 15.2 Å². The normalized spacial score (nSPS) is 11.2. The van der Waals surface area contributed by atoms with Crippen LogP contribution in [0, 0.1) is 0 Å². The lowest BCUT2D eigenvalue weighted by atomic mass is 10.2. The third-order valence-electron chi connectivity index (χ3n) is 3.44. The molecule has 0 atom stereocenters. The van der Waals surface area contributed by atoms with Gasteiger partial charge in [0.2, 0.25) is 5.95 Å². The summed E-state index contributed by atoms with van der Waals surface area (Å²) in [7, 11) is 0. The second-order valence-electron chi connectivity index (χ2n) is 5.31. The van der Waals surface area contributed by atoms with Gasteiger partial charge >= 0.3 is 6.18 Å². The Morgan fingerprint density at radius 3 is 2.42 bits per heavy atom. The Bertz CT molecular complexity index is 884. The fourth-order valence-electron chi connectivity index (χ4n) is 2.14. The number of benzene rings is 2. The molecule has 0 saturated carbocycles. The lowest BCUT2D eigenvalue weighted by molar-refractivity contribution is -0.137. The first-order valence-electron chi connectivity index (χ1n) is 7.53. The molecule has 0 amide bonds. The predicted molar refractivity (Wildman–Crippen MR) is 93.3 cm³/mol. The number of alkyl halides is 3. The average molecular weight is 380 g/mol. The fraction of sp³-hybridized carbons (Fsp3) is 0.118. The molecule has 0 aliphatic heterocycles. The molecule has 3 aromatic rings. The summed E-state index contributed by atoms with van der Waals surface area (Å²) in [6, 6.07) is 11.9. The third-order valence-corrected chi connectivity index (χ3v) is 3.81. The number of nitrogens with one attached hydrogen (secondary N) is 2. The number of aromatic nitrogens is 3. The van der Waals surface area contributed by atoms with Gasteiger partial charge in [0.25, 0.3) is 0 Å². The minimum Gasteiger partial charge on any atom is -0.364 e. The molecule has 9 heteroatoms. The lowest BCUT2D eigenvalue weighted by Gasteiger charge is -2.10. The molecule has 0 fully saturated rings. The SMILES string of the molecule is FC(F)(F)c1ccc(Nc2nncc(NCc3ccccc3Cl)n2)cc1. The number of hydrogen-bond acceptors (Lipinski definition) is 5. The molecule has 0 aliphatic rings. The highest BCUT2D eigenvalue weighted by atomic mass is 35.5. The largest absolute Gasteiger partial charge is 0.416 e. The van der Waals surface area contributed by atoms with Crippen molar-refractivity contribution in [3.05, 3.63) is 70.9 Å². The van der Waals surface area contributed by atoms with Gasteiger partial charge in [-0.2, -0.15) is 23.3 Å². The van der Waals surface area contributed by atoms with Gasteiger partial charge < -0.3 is 10.6 Å². The summed E-state index contributed by atoms with van der Waals surface area (Å²) in [5.74, 6) is 0.614. The Balaban J connectivity index is 1.66. The number of nitrogens with zero attached hydrogens (tertiary/aromatic N) is 3. The van der Waals surface area contributed by atoms with Crippen molar-refractivity contribution in [2.75, 3.05) is 10.6 Å². The Morgan fingerprint density at radius 1 is 1.00 bits per heavy atom. The summed E-state index contributed by atoms with van der Waals surface area (Å²) < 4.78 is 37.7. The van der Waals surface area contributed by atoms with Gasteiger partial charge in [-0.25, -0.2) is 0 Å². The van der Waals surface area contributed by atoms with Gasteiger partial charge in [0.05, 0.1) is 11.8 Å². The molecule has 0 spiro atoms. The zero-order valence-corrected chi connectivity index (χ0v) is 14.0. The van der Waals surface area contributed by atoms with E-state index < -0.39 is 11.7 Å². The zero-order valence-electron chi connectivity index (χ0n) is 13.3. The van der Waals surface area contributed by atoms with E-state index in [2.05, 4.69) is 25.8 Å². The van der Waals surface area contributed by atoms with E-state index in [-0.39, 0.29) is 5.95 Å². The second kappa shape index (κ2) is 7.57. The Hall–Kier alpha value is -2.87. The van der Waals surface area contributed by atoms with E-state index >= 15 is 0 Å². The minimum atomic E-state index is -4.38. The maximum atomic E-state index is 12.6. The minimum absolute atomic E-state index is 0.161. The van der Waals surface area contributed by atoms with Gasteiger partial charge in [-0.1, -0.05) is 29.8 Å². The topological polar surface area (TPSA) is 62.7 Å². The van der Waals surface area contributed by atoms with Crippen molar-refractivity contribution < 1.29 is 13.2 Å². The third kappa shape index (κ3) is 4.60. The number of halogens is 4. The van der Waals surface area contributed by atoms with Crippen LogP contribution in [0.15, 0.2) is 54.7 Å². The summed E-state index contributed by atoms with van der Waals surface area (Å²) in [6.07, 6.45) is -2.94. The predicted octanol–water partition coefficient (Wildman–Crippen LogP) is 4.90. The molecule has 1 heterocycles. The van der Waals surface area contributed by atoms with Crippen molar-refractivity contribution in [1.29, 1.82) is 0 Å². The van der Waals surface area contributed by atoms with E-state index in [0.29, 0.717) is 23.1 Å². The van der Waals surface area contributed by atoms with Gasteiger partial charge in [0, 0.05) is 17.3 Å². The van der Waals surface area contributed by atoms with Gasteiger partial charge in [0.15, 0.2) is 5.82 Å². The number of hydrogen-bond donors (Lipinski definition) is 2.